The molecule has 3 fully saturated rings. The summed E-state index contributed by atoms with van der Waals surface area (Å²) < 4.78 is 0. The van der Waals surface area contributed by atoms with Crippen LogP contribution in [-0.2, 0) is 21.4 Å². The molecule has 51 heavy (non-hydrogen) atoms. The van der Waals surface area contributed by atoms with Crippen LogP contribution in [0.4, 0.5) is 0 Å². The van der Waals surface area contributed by atoms with Crippen LogP contribution in [0.15, 0.2) is 85.2 Å². The highest BCUT2D eigenvalue weighted by Crippen LogP contribution is 2.47. The van der Waals surface area contributed by atoms with Crippen molar-refractivity contribution in [3.8, 4) is 22.5 Å². The molecule has 0 unspecified atom stereocenters. The molecule has 1 aromatic heterocycles. The molecular weight excluding hydrogens is 636 g/mol. The zero-order valence-corrected chi connectivity index (χ0v) is 29.7. The SMILES string of the molecule is CC[C@H]1CC[C@H](c2ccc(-c3cnc(-c4ccc(C[C@H](NC(=O)c5ccc(C6(C)CC6)cc5)C(=O)N5CC(CC(=O)O)C5)cc4)nc3)cc2)CC1. The fourth-order valence-electron chi connectivity index (χ4n) is 7.79. The Morgan fingerprint density at radius 2 is 1.45 bits per heavy atom. The van der Waals surface area contributed by atoms with Crippen LogP contribution in [0, 0.1) is 11.8 Å². The summed E-state index contributed by atoms with van der Waals surface area (Å²) in [5.74, 6) is 0.723. The standard InChI is InChI=1S/C43H48N4O4/c1-3-28-4-8-31(9-5-28)32-12-14-33(15-13-32)36-24-44-40(45-25-36)34-10-6-29(7-11-34)22-38(42(51)47-26-30(27-47)23-39(48)49)46-41(50)35-16-18-37(19-17-35)43(2)20-21-43/h6-7,10-19,24-25,28,30-31,38H,3-5,8-9,20-23,26-27H2,1-2H3,(H,46,50)(H,48,49)/t28-,31-,38-/m0/s1. The van der Waals surface area contributed by atoms with E-state index in [1.165, 1.54) is 43.2 Å². The van der Waals surface area contributed by atoms with Crippen LogP contribution in [0.1, 0.15) is 98.2 Å². The fourth-order valence-corrected chi connectivity index (χ4v) is 7.79. The number of nitrogens with one attached hydrogen (secondary N) is 1. The van der Waals surface area contributed by atoms with Crippen LogP contribution in [0.5, 0.6) is 0 Å². The lowest BCUT2D eigenvalue weighted by Crippen LogP contribution is -2.57. The normalized spacial score (nSPS) is 20.2. The van der Waals surface area contributed by atoms with Crippen molar-refractivity contribution in [1.29, 1.82) is 0 Å². The van der Waals surface area contributed by atoms with Gasteiger partial charge in [0, 0.05) is 54.5 Å². The largest absolute Gasteiger partial charge is 0.481 e. The Bertz CT molecular complexity index is 1840. The fraction of sp³-hybridized carbons (Fsp3) is 0.419. The molecule has 3 aliphatic rings. The van der Waals surface area contributed by atoms with Crippen LogP contribution in [0.2, 0.25) is 0 Å². The summed E-state index contributed by atoms with van der Waals surface area (Å²) in [5.41, 5.74) is 7.19. The van der Waals surface area contributed by atoms with Crippen molar-refractivity contribution in [1.82, 2.24) is 20.2 Å². The van der Waals surface area contributed by atoms with Crippen molar-refractivity contribution in [3.63, 3.8) is 0 Å². The lowest BCUT2D eigenvalue weighted by Gasteiger charge is -2.40. The molecule has 2 aliphatic carbocycles. The van der Waals surface area contributed by atoms with E-state index >= 15 is 0 Å². The summed E-state index contributed by atoms with van der Waals surface area (Å²) in [6.45, 7) is 5.28. The molecule has 8 nitrogen and oxygen atoms in total. The summed E-state index contributed by atoms with van der Waals surface area (Å²) in [6, 6.07) is 23.6. The van der Waals surface area contributed by atoms with Crippen LogP contribution in [0.3, 0.4) is 0 Å². The Morgan fingerprint density at radius 1 is 0.824 bits per heavy atom. The summed E-state index contributed by atoms with van der Waals surface area (Å²) in [7, 11) is 0. The zero-order chi connectivity index (χ0) is 35.5. The van der Waals surface area contributed by atoms with Gasteiger partial charge in [-0.1, -0.05) is 80.9 Å². The van der Waals surface area contributed by atoms with E-state index in [1.54, 1.807) is 4.90 Å². The molecule has 4 aromatic rings. The van der Waals surface area contributed by atoms with Gasteiger partial charge in [-0.25, -0.2) is 9.97 Å². The van der Waals surface area contributed by atoms with E-state index in [0.29, 0.717) is 36.8 Å². The van der Waals surface area contributed by atoms with E-state index in [0.717, 1.165) is 41.0 Å². The highest BCUT2D eigenvalue weighted by atomic mass is 16.4. The molecule has 1 saturated heterocycles. The average Bonchev–Trinajstić information content (AvgIpc) is 3.91. The Kier molecular flexibility index (Phi) is 10.0. The topological polar surface area (TPSA) is 112 Å². The number of benzene rings is 3. The number of aliphatic carboxylic acids is 1. The van der Waals surface area contributed by atoms with E-state index in [-0.39, 0.29) is 29.6 Å². The van der Waals surface area contributed by atoms with Gasteiger partial charge < -0.3 is 15.3 Å². The van der Waals surface area contributed by atoms with Gasteiger partial charge in [0.25, 0.3) is 5.91 Å². The second-order valence-corrected chi connectivity index (χ2v) is 15.3. The monoisotopic (exact) mass is 684 g/mol. The predicted octanol–water partition coefficient (Wildman–Crippen LogP) is 7.82. The van der Waals surface area contributed by atoms with E-state index in [1.807, 2.05) is 60.9 Å². The van der Waals surface area contributed by atoms with Crippen molar-refractivity contribution in [3.05, 3.63) is 107 Å². The van der Waals surface area contributed by atoms with Gasteiger partial charge in [0.05, 0.1) is 6.42 Å². The lowest BCUT2D eigenvalue weighted by atomic mass is 9.78. The van der Waals surface area contributed by atoms with Gasteiger partial charge >= 0.3 is 5.97 Å². The smallest absolute Gasteiger partial charge is 0.303 e. The van der Waals surface area contributed by atoms with Crippen molar-refractivity contribution < 1.29 is 19.5 Å². The summed E-state index contributed by atoms with van der Waals surface area (Å²) in [6.07, 6.45) is 12.9. The van der Waals surface area contributed by atoms with Gasteiger partial charge in [0.2, 0.25) is 5.91 Å². The van der Waals surface area contributed by atoms with Gasteiger partial charge in [0.1, 0.15) is 6.04 Å². The maximum atomic E-state index is 13.6. The highest BCUT2D eigenvalue weighted by Gasteiger charge is 2.39. The number of carbonyl (C=O) groups excluding carboxylic acids is 2. The molecule has 264 valence electrons. The molecule has 0 spiro atoms. The molecule has 0 bridgehead atoms. The lowest BCUT2D eigenvalue weighted by molar-refractivity contribution is -0.146. The number of hydrogen-bond acceptors (Lipinski definition) is 5. The van der Waals surface area contributed by atoms with Gasteiger partial charge in [-0.2, -0.15) is 0 Å². The van der Waals surface area contributed by atoms with Gasteiger partial charge in [-0.15, -0.1) is 0 Å². The molecule has 2 saturated carbocycles. The maximum Gasteiger partial charge on any atom is 0.303 e. The third-order valence-electron chi connectivity index (χ3n) is 11.6. The summed E-state index contributed by atoms with van der Waals surface area (Å²) >= 11 is 0. The first-order valence-electron chi connectivity index (χ1n) is 18.6. The number of carbonyl (C=O) groups is 3. The number of carboxylic acid groups (broad SMARTS) is 1. The third-order valence-corrected chi connectivity index (χ3v) is 11.6. The Labute approximate surface area is 300 Å². The molecule has 1 aliphatic heterocycles. The first-order chi connectivity index (χ1) is 24.7. The molecule has 1 atom stereocenters. The number of carboxylic acids is 1. The van der Waals surface area contributed by atoms with E-state index < -0.39 is 12.0 Å². The molecule has 2 amide bonds. The van der Waals surface area contributed by atoms with Crippen LogP contribution < -0.4 is 5.32 Å². The Hall–Kier alpha value is -4.85. The van der Waals surface area contributed by atoms with Crippen molar-refractivity contribution >= 4 is 17.8 Å². The quantitative estimate of drug-likeness (QED) is 0.157. The number of nitrogens with zero attached hydrogens (tertiary/aromatic N) is 3. The van der Waals surface area contributed by atoms with Crippen LogP contribution in [-0.4, -0.2) is 56.9 Å². The molecule has 2 heterocycles. The second kappa shape index (κ2) is 14.8. The highest BCUT2D eigenvalue weighted by molar-refractivity contribution is 5.97. The Morgan fingerprint density at radius 3 is 2.04 bits per heavy atom. The molecule has 8 heteroatoms. The molecular formula is C43H48N4O4. The van der Waals surface area contributed by atoms with Gasteiger partial charge in [0.15, 0.2) is 5.82 Å². The first kappa shape index (κ1) is 34.6. The Balaban J connectivity index is 1.00. The molecule has 0 radical (unpaired) electrons. The minimum atomic E-state index is -0.868. The molecule has 7 rings (SSSR count). The average molecular weight is 685 g/mol. The van der Waals surface area contributed by atoms with Gasteiger partial charge in [-0.05, 0) is 90.2 Å². The molecule has 2 N–H and O–H groups in total. The number of amides is 2. The summed E-state index contributed by atoms with van der Waals surface area (Å²) in [4.78, 5) is 49.1. The summed E-state index contributed by atoms with van der Waals surface area (Å²) in [5, 5.41) is 12.1. The number of hydrogen-bond donors (Lipinski definition) is 2. The molecule has 3 aromatic carbocycles. The van der Waals surface area contributed by atoms with E-state index in [2.05, 4.69) is 53.4 Å². The number of aromatic nitrogens is 2. The first-order valence-corrected chi connectivity index (χ1v) is 18.6. The van der Waals surface area contributed by atoms with Crippen molar-refractivity contribution in [2.75, 3.05) is 13.1 Å². The van der Waals surface area contributed by atoms with Crippen molar-refractivity contribution in [2.45, 2.75) is 89.0 Å². The van der Waals surface area contributed by atoms with Crippen LogP contribution in [0.25, 0.3) is 22.5 Å². The predicted molar refractivity (Wildman–Crippen MR) is 198 cm³/mol. The van der Waals surface area contributed by atoms with Crippen molar-refractivity contribution in [2.24, 2.45) is 11.8 Å². The number of likely N-dealkylation sites (tertiary alicyclic amines) is 1. The maximum absolute atomic E-state index is 13.6. The van der Waals surface area contributed by atoms with Gasteiger partial charge in [-0.3, -0.25) is 14.4 Å². The minimum Gasteiger partial charge on any atom is -0.481 e. The third kappa shape index (κ3) is 8.06. The zero-order valence-electron chi connectivity index (χ0n) is 29.7. The van der Waals surface area contributed by atoms with Crippen LogP contribution >= 0.6 is 0 Å². The second-order valence-electron chi connectivity index (χ2n) is 15.3. The number of rotatable bonds is 12. The van der Waals surface area contributed by atoms with E-state index in [9.17, 15) is 14.4 Å². The minimum absolute atomic E-state index is 0.0306. The van der Waals surface area contributed by atoms with E-state index in [4.69, 9.17) is 5.11 Å².